The lowest BCUT2D eigenvalue weighted by molar-refractivity contribution is -0.274. The number of carbonyl (C=O) groups is 1. The number of rotatable bonds is 9. The van der Waals surface area contributed by atoms with Gasteiger partial charge in [-0.15, -0.1) is 13.2 Å². The molecule has 1 unspecified atom stereocenters. The zero-order chi connectivity index (χ0) is 34.4. The highest BCUT2D eigenvalue weighted by Crippen LogP contribution is 2.42. The molecule has 5 aromatic rings. The van der Waals surface area contributed by atoms with Gasteiger partial charge < -0.3 is 24.5 Å². The van der Waals surface area contributed by atoms with Crippen molar-refractivity contribution < 1.29 is 50.0 Å². The Kier molecular flexibility index (Phi) is 8.87. The number of aromatic nitrogens is 3. The third-order valence-electron chi connectivity index (χ3n) is 7.10. The molecular formula is C31H24F6N4O5S. The summed E-state index contributed by atoms with van der Waals surface area (Å²) >= 11 is -1.69. The molecule has 3 N–H and O–H groups in total. The van der Waals surface area contributed by atoms with Crippen LogP contribution >= 0.6 is 0 Å². The minimum atomic E-state index is -4.92. The number of carbonyl (C=O) groups excluding carboxylic acids is 1. The van der Waals surface area contributed by atoms with Crippen LogP contribution in [0.1, 0.15) is 17.1 Å². The molecule has 1 atom stereocenters. The normalized spacial score (nSPS) is 12.7. The van der Waals surface area contributed by atoms with Gasteiger partial charge in [-0.3, -0.25) is 9.48 Å². The van der Waals surface area contributed by atoms with Crippen molar-refractivity contribution in [1.82, 2.24) is 14.8 Å². The minimum absolute atomic E-state index is 0.0513. The fourth-order valence-corrected chi connectivity index (χ4v) is 5.74. The van der Waals surface area contributed by atoms with Crippen LogP contribution in [0.5, 0.6) is 5.75 Å². The van der Waals surface area contributed by atoms with Crippen molar-refractivity contribution in [2.75, 3.05) is 6.26 Å². The summed E-state index contributed by atoms with van der Waals surface area (Å²) in [6, 6.07) is 12.8. The third-order valence-corrected chi connectivity index (χ3v) is 8.09. The fraction of sp³-hybridized carbons (Fsp3) is 0.194. The molecule has 5 rings (SSSR count). The first kappa shape index (κ1) is 33.6. The summed E-state index contributed by atoms with van der Waals surface area (Å²) in [4.78, 5) is 15.9. The number of ether oxygens (including phenoxy) is 1. The van der Waals surface area contributed by atoms with Gasteiger partial charge in [0.15, 0.2) is 16.5 Å². The maximum atomic E-state index is 15.1. The number of aliphatic hydroxyl groups is 1. The monoisotopic (exact) mass is 678 g/mol. The van der Waals surface area contributed by atoms with Crippen molar-refractivity contribution in [3.8, 4) is 50.7 Å². The van der Waals surface area contributed by atoms with E-state index < -0.39 is 53.2 Å². The molecule has 0 radical (unpaired) electrons. The summed E-state index contributed by atoms with van der Waals surface area (Å²) < 4.78 is 106. The SMILES string of the molecule is Cc1nc(-c2ccc(OC(F)(F)F)cc2)c(-c2cc(-c3cc(F)c(CO)c([S+](C)[O-])c3)ccc2-c2cc(C(F)(F)C(N)=O)nn2C)o1. The number of amides is 1. The van der Waals surface area contributed by atoms with Gasteiger partial charge in [0.2, 0.25) is 0 Å². The van der Waals surface area contributed by atoms with Crippen LogP contribution in [0.2, 0.25) is 0 Å². The number of halogens is 6. The molecule has 47 heavy (non-hydrogen) atoms. The van der Waals surface area contributed by atoms with E-state index in [-0.39, 0.29) is 50.2 Å². The summed E-state index contributed by atoms with van der Waals surface area (Å²) in [6.07, 6.45) is -3.60. The van der Waals surface area contributed by atoms with Crippen LogP contribution in [-0.2, 0) is 35.5 Å². The van der Waals surface area contributed by atoms with Gasteiger partial charge in [0.1, 0.15) is 29.2 Å². The Hall–Kier alpha value is -4.80. The molecule has 0 saturated carbocycles. The highest BCUT2D eigenvalue weighted by atomic mass is 32.2. The molecule has 2 aromatic heterocycles. The standard InChI is InChI=1S/C31H24F6N4O5S/c1-15-39-27(16-4-7-19(8-5-16)46-31(35,36)37)28(45-15)21-10-17(18-11-23(32)22(14-42)25(12-18)47(3)44)6-9-20(21)24-13-26(40-41(24)2)30(33,34)29(38)43/h4-13,42H,14H2,1-3H3,(H2,38,43). The first-order valence-electron chi connectivity index (χ1n) is 13.5. The minimum Gasteiger partial charge on any atom is -0.612 e. The Bertz CT molecular complexity index is 1970. The second-order valence-electron chi connectivity index (χ2n) is 10.3. The number of primary amides is 1. The highest BCUT2D eigenvalue weighted by Gasteiger charge is 2.42. The lowest BCUT2D eigenvalue weighted by Crippen LogP contribution is -2.33. The van der Waals surface area contributed by atoms with Crippen LogP contribution in [0.15, 0.2) is 70.0 Å². The van der Waals surface area contributed by atoms with Gasteiger partial charge in [-0.2, -0.15) is 13.9 Å². The van der Waals surface area contributed by atoms with Gasteiger partial charge in [0, 0.05) is 36.7 Å². The zero-order valence-electron chi connectivity index (χ0n) is 24.7. The highest BCUT2D eigenvalue weighted by molar-refractivity contribution is 7.90. The Labute approximate surface area is 265 Å². The van der Waals surface area contributed by atoms with E-state index in [1.807, 2.05) is 0 Å². The van der Waals surface area contributed by atoms with Gasteiger partial charge in [-0.1, -0.05) is 12.1 Å². The van der Waals surface area contributed by atoms with E-state index in [1.54, 1.807) is 0 Å². The number of nitrogens with two attached hydrogens (primary N) is 1. The van der Waals surface area contributed by atoms with E-state index in [1.165, 1.54) is 56.6 Å². The van der Waals surface area contributed by atoms with Crippen LogP contribution in [0.25, 0.3) is 45.0 Å². The van der Waals surface area contributed by atoms with Crippen molar-refractivity contribution in [3.63, 3.8) is 0 Å². The summed E-state index contributed by atoms with van der Waals surface area (Å²) in [7, 11) is 1.35. The quantitative estimate of drug-likeness (QED) is 0.139. The number of hydrogen-bond acceptors (Lipinski definition) is 7. The van der Waals surface area contributed by atoms with E-state index in [0.717, 1.165) is 28.9 Å². The summed E-state index contributed by atoms with van der Waals surface area (Å²) in [5.74, 6) is -7.14. The molecule has 0 saturated heterocycles. The molecule has 2 heterocycles. The number of benzene rings is 3. The molecule has 1 amide bonds. The molecule has 3 aromatic carbocycles. The lowest BCUT2D eigenvalue weighted by Gasteiger charge is -2.15. The van der Waals surface area contributed by atoms with Crippen LogP contribution in [0, 0.1) is 12.7 Å². The van der Waals surface area contributed by atoms with Gasteiger partial charge in [0.25, 0.3) is 5.91 Å². The maximum absolute atomic E-state index is 15.1. The Balaban J connectivity index is 1.74. The number of oxazole rings is 1. The van der Waals surface area contributed by atoms with Gasteiger partial charge in [0.05, 0.1) is 17.9 Å². The van der Waals surface area contributed by atoms with E-state index in [4.69, 9.17) is 10.2 Å². The van der Waals surface area contributed by atoms with Crippen molar-refractivity contribution in [3.05, 3.63) is 83.6 Å². The number of aryl methyl sites for hydroxylation is 2. The van der Waals surface area contributed by atoms with Crippen molar-refractivity contribution in [2.45, 2.75) is 30.7 Å². The Morgan fingerprint density at radius 2 is 1.68 bits per heavy atom. The van der Waals surface area contributed by atoms with E-state index >= 15 is 4.39 Å². The third kappa shape index (κ3) is 6.70. The second-order valence-corrected chi connectivity index (χ2v) is 11.6. The molecule has 0 aliphatic rings. The molecule has 0 aliphatic carbocycles. The lowest BCUT2D eigenvalue weighted by atomic mass is 9.93. The number of aliphatic hydroxyl groups excluding tert-OH is 1. The molecular weight excluding hydrogens is 654 g/mol. The van der Waals surface area contributed by atoms with Crippen LogP contribution in [-0.4, -0.2) is 42.9 Å². The fourth-order valence-electron chi connectivity index (χ4n) is 4.94. The van der Waals surface area contributed by atoms with Crippen LogP contribution in [0.3, 0.4) is 0 Å². The van der Waals surface area contributed by atoms with Gasteiger partial charge in [-0.05, 0) is 64.8 Å². The maximum Gasteiger partial charge on any atom is 0.573 e. The average Bonchev–Trinajstić information content (AvgIpc) is 3.58. The Morgan fingerprint density at radius 1 is 1.02 bits per heavy atom. The topological polar surface area (TPSA) is 139 Å². The van der Waals surface area contributed by atoms with Gasteiger partial charge in [-0.25, -0.2) is 9.37 Å². The molecule has 9 nitrogen and oxygen atoms in total. The van der Waals surface area contributed by atoms with E-state index in [2.05, 4.69) is 14.8 Å². The van der Waals surface area contributed by atoms with Crippen LogP contribution in [0.4, 0.5) is 26.3 Å². The van der Waals surface area contributed by atoms with Crippen molar-refractivity contribution in [1.29, 1.82) is 0 Å². The molecule has 16 heteroatoms. The summed E-state index contributed by atoms with van der Waals surface area (Å²) in [6.45, 7) is 0.816. The number of hydrogen-bond donors (Lipinski definition) is 2. The van der Waals surface area contributed by atoms with E-state index in [0.29, 0.717) is 11.1 Å². The predicted molar refractivity (Wildman–Crippen MR) is 158 cm³/mol. The number of alkyl halides is 5. The molecule has 0 aliphatic heterocycles. The van der Waals surface area contributed by atoms with E-state index in [9.17, 15) is 36.4 Å². The van der Waals surface area contributed by atoms with Crippen molar-refractivity contribution in [2.24, 2.45) is 12.8 Å². The molecule has 0 bridgehead atoms. The van der Waals surface area contributed by atoms with Gasteiger partial charge >= 0.3 is 12.3 Å². The molecule has 246 valence electrons. The zero-order valence-corrected chi connectivity index (χ0v) is 25.5. The first-order valence-corrected chi connectivity index (χ1v) is 15.0. The second kappa shape index (κ2) is 12.4. The number of nitrogens with zero attached hydrogens (tertiary/aromatic N) is 3. The largest absolute Gasteiger partial charge is 0.612 e. The Morgan fingerprint density at radius 3 is 2.28 bits per heavy atom. The van der Waals surface area contributed by atoms with Crippen molar-refractivity contribution >= 4 is 17.1 Å². The first-order chi connectivity index (χ1) is 22.0. The molecule has 0 spiro atoms. The van der Waals surface area contributed by atoms with Crippen LogP contribution < -0.4 is 10.5 Å². The smallest absolute Gasteiger partial charge is 0.573 e. The summed E-state index contributed by atoms with van der Waals surface area (Å²) in [5, 5.41) is 13.4. The summed E-state index contributed by atoms with van der Waals surface area (Å²) in [5.41, 5.74) is 5.39. The molecule has 0 fully saturated rings. The average molecular weight is 679 g/mol. The predicted octanol–water partition coefficient (Wildman–Crippen LogP) is 6.23.